The number of nitriles is 1. The summed E-state index contributed by atoms with van der Waals surface area (Å²) in [4.78, 5) is 0. The third kappa shape index (κ3) is 3.21. The van der Waals surface area contributed by atoms with E-state index in [2.05, 4.69) is 12.6 Å². The van der Waals surface area contributed by atoms with Crippen LogP contribution in [0.5, 0.6) is 0 Å². The van der Waals surface area contributed by atoms with Gasteiger partial charge in [-0.3, -0.25) is 0 Å². The molecule has 0 unspecified atom stereocenters. The Morgan fingerprint density at radius 1 is 1.43 bits per heavy atom. The summed E-state index contributed by atoms with van der Waals surface area (Å²) in [6.07, 6.45) is 2.55. The van der Waals surface area contributed by atoms with Gasteiger partial charge in [-0.05, 0) is 24.1 Å². The first-order chi connectivity index (χ1) is 6.27. The van der Waals surface area contributed by atoms with Crippen molar-refractivity contribution in [2.45, 2.75) is 12.5 Å². The molecule has 0 spiro atoms. The van der Waals surface area contributed by atoms with E-state index in [0.29, 0.717) is 5.56 Å². The van der Waals surface area contributed by atoms with E-state index in [0.717, 1.165) is 12.0 Å². The summed E-state index contributed by atoms with van der Waals surface area (Å²) in [5.41, 5.74) is 7.55. The average Bonchev–Trinajstić information content (AvgIpc) is 2.18. The Kier molecular flexibility index (Phi) is 5.62. The first-order valence-corrected chi connectivity index (χ1v) is 4.14. The Labute approximate surface area is 90.5 Å². The third-order valence-corrected chi connectivity index (χ3v) is 1.89. The van der Waals surface area contributed by atoms with Crippen molar-refractivity contribution in [1.29, 1.82) is 5.26 Å². The molecule has 3 heteroatoms. The molecule has 2 nitrogen and oxygen atoms in total. The van der Waals surface area contributed by atoms with E-state index in [-0.39, 0.29) is 18.4 Å². The van der Waals surface area contributed by atoms with Crippen molar-refractivity contribution in [2.24, 2.45) is 5.73 Å². The van der Waals surface area contributed by atoms with Crippen LogP contribution in [0.1, 0.15) is 23.6 Å². The Morgan fingerprint density at radius 2 is 2.00 bits per heavy atom. The maximum Gasteiger partial charge on any atom is 0.0991 e. The highest BCUT2D eigenvalue weighted by atomic mass is 35.5. The average molecular weight is 209 g/mol. The molecule has 0 saturated heterocycles. The van der Waals surface area contributed by atoms with Gasteiger partial charge in [0.25, 0.3) is 0 Å². The van der Waals surface area contributed by atoms with E-state index in [1.807, 2.05) is 12.1 Å². The van der Waals surface area contributed by atoms with Crippen molar-refractivity contribution >= 4 is 12.4 Å². The van der Waals surface area contributed by atoms with Gasteiger partial charge >= 0.3 is 0 Å². The maximum atomic E-state index is 8.57. The molecule has 0 saturated carbocycles. The number of rotatable bonds is 3. The zero-order chi connectivity index (χ0) is 9.68. The molecular formula is C11H13ClN2. The van der Waals surface area contributed by atoms with Crippen LogP contribution >= 0.6 is 12.4 Å². The number of halogens is 1. The lowest BCUT2D eigenvalue weighted by molar-refractivity contribution is 0.742. The van der Waals surface area contributed by atoms with Crippen LogP contribution < -0.4 is 5.73 Å². The van der Waals surface area contributed by atoms with Crippen molar-refractivity contribution < 1.29 is 0 Å². The van der Waals surface area contributed by atoms with Crippen molar-refractivity contribution in [2.75, 3.05) is 0 Å². The van der Waals surface area contributed by atoms with E-state index in [9.17, 15) is 0 Å². The maximum absolute atomic E-state index is 8.57. The van der Waals surface area contributed by atoms with E-state index >= 15 is 0 Å². The molecule has 14 heavy (non-hydrogen) atoms. The molecule has 1 aromatic rings. The number of nitrogens with zero attached hydrogens (tertiary/aromatic N) is 1. The second kappa shape index (κ2) is 6.20. The van der Waals surface area contributed by atoms with Crippen LogP contribution in [0, 0.1) is 11.3 Å². The van der Waals surface area contributed by atoms with Gasteiger partial charge in [-0.25, -0.2) is 0 Å². The molecular weight excluding hydrogens is 196 g/mol. The molecule has 1 atom stereocenters. The molecule has 0 amide bonds. The molecule has 0 bridgehead atoms. The van der Waals surface area contributed by atoms with E-state index in [1.165, 1.54) is 0 Å². The fourth-order valence-electron chi connectivity index (χ4n) is 1.12. The van der Waals surface area contributed by atoms with Crippen LogP contribution in [0.15, 0.2) is 36.9 Å². The number of hydrogen-bond acceptors (Lipinski definition) is 2. The molecule has 0 heterocycles. The first-order valence-electron chi connectivity index (χ1n) is 4.14. The SMILES string of the molecule is C=CC[C@@H](N)c1ccc(C#N)cc1.Cl. The van der Waals surface area contributed by atoms with Crippen molar-refractivity contribution in [3.8, 4) is 6.07 Å². The highest BCUT2D eigenvalue weighted by molar-refractivity contribution is 5.85. The summed E-state index contributed by atoms with van der Waals surface area (Å²) in [6, 6.07) is 9.37. The number of nitrogens with two attached hydrogens (primary N) is 1. The molecule has 74 valence electrons. The monoisotopic (exact) mass is 208 g/mol. The number of benzene rings is 1. The second-order valence-corrected chi connectivity index (χ2v) is 2.86. The lowest BCUT2D eigenvalue weighted by Crippen LogP contribution is -2.08. The summed E-state index contributed by atoms with van der Waals surface area (Å²) < 4.78 is 0. The molecule has 0 aliphatic carbocycles. The van der Waals surface area contributed by atoms with Crippen molar-refractivity contribution in [1.82, 2.24) is 0 Å². The summed E-state index contributed by atoms with van der Waals surface area (Å²) in [5.74, 6) is 0. The van der Waals surface area contributed by atoms with Gasteiger partial charge in [-0.2, -0.15) is 5.26 Å². The summed E-state index contributed by atoms with van der Waals surface area (Å²) >= 11 is 0. The minimum atomic E-state index is -0.00903. The molecule has 0 radical (unpaired) electrons. The highest BCUT2D eigenvalue weighted by Crippen LogP contribution is 2.14. The Balaban J connectivity index is 0.00000169. The first kappa shape index (κ1) is 12.7. The lowest BCUT2D eigenvalue weighted by Gasteiger charge is -2.08. The minimum Gasteiger partial charge on any atom is -0.324 e. The molecule has 0 aliphatic heterocycles. The van der Waals surface area contributed by atoms with Gasteiger partial charge in [0, 0.05) is 6.04 Å². The van der Waals surface area contributed by atoms with E-state index in [1.54, 1.807) is 18.2 Å². The van der Waals surface area contributed by atoms with E-state index in [4.69, 9.17) is 11.0 Å². The zero-order valence-corrected chi connectivity index (χ0v) is 8.63. The zero-order valence-electron chi connectivity index (χ0n) is 7.81. The predicted octanol–water partition coefficient (Wildman–Crippen LogP) is 2.56. The fourth-order valence-corrected chi connectivity index (χ4v) is 1.12. The summed E-state index contributed by atoms with van der Waals surface area (Å²) in [5, 5.41) is 8.57. The summed E-state index contributed by atoms with van der Waals surface area (Å²) in [6.45, 7) is 3.63. The summed E-state index contributed by atoms with van der Waals surface area (Å²) in [7, 11) is 0. The standard InChI is InChI=1S/C11H12N2.ClH/c1-2-3-11(13)10-6-4-9(8-12)5-7-10;/h2,4-7,11H,1,3,13H2;1H/t11-;/m1./s1. The van der Waals surface area contributed by atoms with Gasteiger partial charge in [-0.1, -0.05) is 18.2 Å². The smallest absolute Gasteiger partial charge is 0.0991 e. The third-order valence-electron chi connectivity index (χ3n) is 1.89. The predicted molar refractivity (Wildman–Crippen MR) is 60.1 cm³/mol. The molecule has 0 aromatic heterocycles. The van der Waals surface area contributed by atoms with Gasteiger partial charge in [0.15, 0.2) is 0 Å². The Hall–Kier alpha value is -1.30. The van der Waals surface area contributed by atoms with Gasteiger partial charge < -0.3 is 5.73 Å². The normalized spacial score (nSPS) is 10.9. The largest absolute Gasteiger partial charge is 0.324 e. The van der Waals surface area contributed by atoms with Gasteiger partial charge in [-0.15, -0.1) is 19.0 Å². The molecule has 1 aromatic carbocycles. The topological polar surface area (TPSA) is 49.8 Å². The minimum absolute atomic E-state index is 0. The quantitative estimate of drug-likeness (QED) is 0.777. The molecule has 0 aliphatic rings. The van der Waals surface area contributed by atoms with Crippen molar-refractivity contribution in [3.63, 3.8) is 0 Å². The van der Waals surface area contributed by atoms with Gasteiger partial charge in [0.05, 0.1) is 11.6 Å². The van der Waals surface area contributed by atoms with Gasteiger partial charge in [0.2, 0.25) is 0 Å². The van der Waals surface area contributed by atoms with Crippen LogP contribution in [0.25, 0.3) is 0 Å². The Morgan fingerprint density at radius 3 is 2.43 bits per heavy atom. The molecule has 1 rings (SSSR count). The molecule has 0 fully saturated rings. The van der Waals surface area contributed by atoms with Crippen LogP contribution in [0.3, 0.4) is 0 Å². The van der Waals surface area contributed by atoms with Crippen molar-refractivity contribution in [3.05, 3.63) is 48.0 Å². The second-order valence-electron chi connectivity index (χ2n) is 2.86. The van der Waals surface area contributed by atoms with Crippen LogP contribution in [-0.2, 0) is 0 Å². The fraction of sp³-hybridized carbons (Fsp3) is 0.182. The lowest BCUT2D eigenvalue weighted by atomic mass is 10.0. The van der Waals surface area contributed by atoms with Crippen LogP contribution in [-0.4, -0.2) is 0 Å². The molecule has 2 N–H and O–H groups in total. The van der Waals surface area contributed by atoms with Crippen LogP contribution in [0.2, 0.25) is 0 Å². The van der Waals surface area contributed by atoms with E-state index < -0.39 is 0 Å². The van der Waals surface area contributed by atoms with Crippen LogP contribution in [0.4, 0.5) is 0 Å². The highest BCUT2D eigenvalue weighted by Gasteiger charge is 2.02. The Bertz CT molecular complexity index is 324. The number of hydrogen-bond donors (Lipinski definition) is 1. The van der Waals surface area contributed by atoms with Gasteiger partial charge in [0.1, 0.15) is 0 Å².